The van der Waals surface area contributed by atoms with E-state index in [9.17, 15) is 0 Å². The summed E-state index contributed by atoms with van der Waals surface area (Å²) in [7, 11) is 0. The SMILES string of the molecule is C1=CC2c3ccccc3C3(c4ccccc4Oc4ccc(-c5ccc(C6=NNC(c7ccccc7)O6)cc5)cc43)C2C=C1. The maximum atomic E-state index is 6.60. The summed E-state index contributed by atoms with van der Waals surface area (Å²) in [6.45, 7) is 0. The molecule has 0 saturated carbocycles. The molecule has 0 amide bonds. The molecule has 4 atom stereocenters. The quantitative estimate of drug-likeness (QED) is 0.242. The van der Waals surface area contributed by atoms with Crippen molar-refractivity contribution in [1.82, 2.24) is 5.43 Å². The maximum absolute atomic E-state index is 6.60. The molecule has 4 aliphatic rings. The van der Waals surface area contributed by atoms with Crippen LogP contribution in [-0.2, 0) is 10.2 Å². The number of hydrogen-bond acceptors (Lipinski definition) is 4. The van der Waals surface area contributed by atoms with Crippen LogP contribution >= 0.6 is 0 Å². The number of nitrogens with zero attached hydrogens (tertiary/aromatic N) is 1. The number of allylic oxidation sites excluding steroid dienone is 4. The first-order chi connectivity index (χ1) is 21.3. The minimum atomic E-state index is -0.354. The number of nitrogens with one attached hydrogen (secondary N) is 1. The Kier molecular flexibility index (Phi) is 5.27. The summed E-state index contributed by atoms with van der Waals surface area (Å²) in [5.74, 6) is 3.01. The lowest BCUT2D eigenvalue weighted by Crippen LogP contribution is -2.37. The van der Waals surface area contributed by atoms with Crippen molar-refractivity contribution in [1.29, 1.82) is 0 Å². The van der Waals surface area contributed by atoms with Crippen molar-refractivity contribution < 1.29 is 9.47 Å². The second-order valence-corrected chi connectivity index (χ2v) is 11.6. The highest BCUT2D eigenvalue weighted by atomic mass is 16.5. The molecule has 206 valence electrons. The Labute approximate surface area is 250 Å². The summed E-state index contributed by atoms with van der Waals surface area (Å²) < 4.78 is 12.7. The Morgan fingerprint density at radius 3 is 2.19 bits per heavy atom. The van der Waals surface area contributed by atoms with Gasteiger partial charge in [-0.1, -0.05) is 115 Å². The topological polar surface area (TPSA) is 42.8 Å². The predicted octanol–water partition coefficient (Wildman–Crippen LogP) is 8.61. The molecule has 5 aromatic carbocycles. The van der Waals surface area contributed by atoms with Crippen molar-refractivity contribution in [2.75, 3.05) is 0 Å². The summed E-state index contributed by atoms with van der Waals surface area (Å²) in [5.41, 5.74) is 12.2. The van der Waals surface area contributed by atoms with Crippen molar-refractivity contribution in [2.45, 2.75) is 17.6 Å². The fourth-order valence-corrected chi connectivity index (χ4v) is 7.54. The first-order valence-corrected chi connectivity index (χ1v) is 14.8. The first-order valence-electron chi connectivity index (χ1n) is 14.8. The molecule has 4 unspecified atom stereocenters. The van der Waals surface area contributed by atoms with Crippen molar-refractivity contribution in [2.24, 2.45) is 11.0 Å². The van der Waals surface area contributed by atoms with E-state index in [0.717, 1.165) is 33.8 Å². The lowest BCUT2D eigenvalue weighted by Gasteiger charge is -2.43. The van der Waals surface area contributed by atoms with Gasteiger partial charge in [0, 0.05) is 34.1 Å². The Hall–Kier alpha value is -5.35. The monoisotopic (exact) mass is 556 g/mol. The summed E-state index contributed by atoms with van der Waals surface area (Å²) >= 11 is 0. The van der Waals surface area contributed by atoms with Gasteiger partial charge in [-0.05, 0) is 52.6 Å². The van der Waals surface area contributed by atoms with Gasteiger partial charge >= 0.3 is 0 Å². The van der Waals surface area contributed by atoms with Crippen LogP contribution in [0.4, 0.5) is 0 Å². The zero-order chi connectivity index (χ0) is 28.4. The van der Waals surface area contributed by atoms with Gasteiger partial charge in [-0.2, -0.15) is 0 Å². The second-order valence-electron chi connectivity index (χ2n) is 11.6. The third-order valence-electron chi connectivity index (χ3n) is 9.40. The number of fused-ring (bicyclic) bond motifs is 9. The van der Waals surface area contributed by atoms with E-state index in [4.69, 9.17) is 9.47 Å². The van der Waals surface area contributed by atoms with Crippen molar-refractivity contribution in [3.8, 4) is 22.6 Å². The molecule has 0 radical (unpaired) electrons. The van der Waals surface area contributed by atoms with Gasteiger partial charge in [0.05, 0.1) is 5.41 Å². The minimum Gasteiger partial charge on any atom is -0.457 e. The van der Waals surface area contributed by atoms with Gasteiger partial charge in [0.1, 0.15) is 11.5 Å². The van der Waals surface area contributed by atoms with Crippen LogP contribution in [0.15, 0.2) is 151 Å². The van der Waals surface area contributed by atoms with Crippen LogP contribution in [0.5, 0.6) is 11.5 Å². The normalized spacial score (nSPS) is 23.7. The van der Waals surface area contributed by atoms with Crippen LogP contribution in [0.25, 0.3) is 11.1 Å². The Morgan fingerprint density at radius 2 is 1.30 bits per heavy atom. The van der Waals surface area contributed by atoms with E-state index in [-0.39, 0.29) is 17.6 Å². The van der Waals surface area contributed by atoms with Crippen molar-refractivity contribution in [3.63, 3.8) is 0 Å². The Balaban J connectivity index is 1.13. The number of benzene rings is 5. The molecule has 4 nitrogen and oxygen atoms in total. The molecule has 0 aromatic heterocycles. The van der Waals surface area contributed by atoms with Gasteiger partial charge in [0.15, 0.2) is 0 Å². The third-order valence-corrected chi connectivity index (χ3v) is 9.40. The third kappa shape index (κ3) is 3.53. The molecule has 5 aromatic rings. The van der Waals surface area contributed by atoms with Crippen LogP contribution < -0.4 is 10.2 Å². The summed E-state index contributed by atoms with van der Waals surface area (Å²) in [6.07, 6.45) is 8.88. The molecule has 43 heavy (non-hydrogen) atoms. The maximum Gasteiger partial charge on any atom is 0.240 e. The van der Waals surface area contributed by atoms with Gasteiger partial charge in [0.25, 0.3) is 0 Å². The number of ether oxygens (including phenoxy) is 2. The zero-order valence-corrected chi connectivity index (χ0v) is 23.4. The highest BCUT2D eigenvalue weighted by Gasteiger charge is 2.56. The molecular formula is C39H28N2O2. The fourth-order valence-electron chi connectivity index (χ4n) is 7.54. The second kappa shape index (κ2) is 9.33. The van der Waals surface area contributed by atoms with Gasteiger partial charge in [-0.25, -0.2) is 0 Å². The van der Waals surface area contributed by atoms with Crippen molar-refractivity contribution in [3.05, 3.63) is 179 Å². The molecule has 0 bridgehead atoms. The van der Waals surface area contributed by atoms with Crippen molar-refractivity contribution >= 4 is 5.90 Å². The molecule has 2 aliphatic heterocycles. The predicted molar refractivity (Wildman–Crippen MR) is 169 cm³/mol. The van der Waals surface area contributed by atoms with Crippen LogP contribution in [0, 0.1) is 5.92 Å². The van der Waals surface area contributed by atoms with E-state index < -0.39 is 0 Å². The molecule has 1 N–H and O–H groups in total. The minimum absolute atomic E-state index is 0.249. The van der Waals surface area contributed by atoms with E-state index >= 15 is 0 Å². The molecular weight excluding hydrogens is 528 g/mol. The molecule has 4 heteroatoms. The zero-order valence-electron chi connectivity index (χ0n) is 23.4. The molecule has 1 spiro atoms. The summed E-state index contributed by atoms with van der Waals surface area (Å²) in [6, 6.07) is 42.7. The van der Waals surface area contributed by atoms with E-state index in [1.54, 1.807) is 0 Å². The van der Waals surface area contributed by atoms with Crippen LogP contribution in [0.1, 0.15) is 45.5 Å². The first kappa shape index (κ1) is 24.3. The van der Waals surface area contributed by atoms with Crippen LogP contribution in [0.2, 0.25) is 0 Å². The Bertz CT molecular complexity index is 1970. The average Bonchev–Trinajstić information content (AvgIpc) is 3.69. The number of hydrazone groups is 1. The Morgan fingerprint density at radius 1 is 0.605 bits per heavy atom. The molecule has 2 heterocycles. The molecule has 0 fully saturated rings. The fraction of sp³-hybridized carbons (Fsp3) is 0.103. The molecule has 9 rings (SSSR count). The average molecular weight is 557 g/mol. The number of para-hydroxylation sites is 1. The highest BCUT2D eigenvalue weighted by Crippen LogP contribution is 2.64. The smallest absolute Gasteiger partial charge is 0.240 e. The van der Waals surface area contributed by atoms with E-state index in [1.165, 1.54) is 22.3 Å². The van der Waals surface area contributed by atoms with E-state index in [1.807, 2.05) is 30.3 Å². The largest absolute Gasteiger partial charge is 0.457 e. The van der Waals surface area contributed by atoms with Crippen LogP contribution in [-0.4, -0.2) is 5.90 Å². The van der Waals surface area contributed by atoms with Gasteiger partial charge in [-0.3, -0.25) is 5.43 Å². The summed E-state index contributed by atoms with van der Waals surface area (Å²) in [5, 5.41) is 4.47. The number of hydrogen-bond donors (Lipinski definition) is 1. The van der Waals surface area contributed by atoms with E-state index in [0.29, 0.717) is 11.8 Å². The van der Waals surface area contributed by atoms with E-state index in [2.05, 4.69) is 126 Å². The number of rotatable bonds is 3. The van der Waals surface area contributed by atoms with Gasteiger partial charge in [0.2, 0.25) is 12.1 Å². The highest BCUT2D eigenvalue weighted by molar-refractivity contribution is 5.95. The van der Waals surface area contributed by atoms with Crippen LogP contribution in [0.3, 0.4) is 0 Å². The lowest BCUT2D eigenvalue weighted by molar-refractivity contribution is 0.192. The lowest BCUT2D eigenvalue weighted by atomic mass is 9.61. The summed E-state index contributed by atoms with van der Waals surface area (Å²) in [4.78, 5) is 0. The molecule has 2 aliphatic carbocycles. The molecule has 0 saturated heterocycles. The van der Waals surface area contributed by atoms with Gasteiger partial charge < -0.3 is 9.47 Å². The standard InChI is InChI=1S/C39H28N2O2/c1-2-10-26(11-3-1)37-40-41-38(43-37)27-20-18-25(19-21-27)28-22-23-36-34(24-28)39(33-16-8-9-17-35(33)42-36)31-14-6-4-12-29(31)30-13-5-7-15-32(30)39/h1-24,29,31,37,40H. The van der Waals surface area contributed by atoms with Gasteiger partial charge in [-0.15, -0.1) is 5.10 Å².